The van der Waals surface area contributed by atoms with Crippen LogP contribution in [0.4, 0.5) is 11.4 Å². The molecule has 32 heavy (non-hydrogen) atoms. The molecule has 3 aromatic rings. The number of benzene rings is 3. The lowest BCUT2D eigenvalue weighted by molar-refractivity contribution is 0.0600. The first kappa shape index (κ1) is 23.3. The van der Waals surface area contributed by atoms with Crippen molar-refractivity contribution in [3.8, 4) is 0 Å². The van der Waals surface area contributed by atoms with Crippen LogP contribution in [0.5, 0.6) is 0 Å². The van der Waals surface area contributed by atoms with Crippen molar-refractivity contribution >= 4 is 44.9 Å². The molecule has 2 N–H and O–H groups in total. The van der Waals surface area contributed by atoms with Gasteiger partial charge in [0.15, 0.2) is 0 Å². The SMILES string of the molecule is COC(=O)c1ccc(NC(=O)c2ccc(Cl)c(S(=O)(=O)Nc3cccc(C)c3C)c2)cc1. The summed E-state index contributed by atoms with van der Waals surface area (Å²) in [6, 6.07) is 15.4. The van der Waals surface area contributed by atoms with Gasteiger partial charge in [0.1, 0.15) is 4.90 Å². The van der Waals surface area contributed by atoms with Crippen molar-refractivity contribution in [3.05, 3.63) is 87.9 Å². The molecule has 3 rings (SSSR count). The molecule has 0 saturated heterocycles. The highest BCUT2D eigenvalue weighted by atomic mass is 35.5. The van der Waals surface area contributed by atoms with E-state index in [1.165, 1.54) is 37.4 Å². The second-order valence-electron chi connectivity index (χ2n) is 7.02. The number of rotatable bonds is 6. The number of carbonyl (C=O) groups excluding carboxylic acids is 2. The largest absolute Gasteiger partial charge is 0.465 e. The molecule has 0 fully saturated rings. The van der Waals surface area contributed by atoms with E-state index in [4.69, 9.17) is 11.6 Å². The van der Waals surface area contributed by atoms with Gasteiger partial charge in [-0.05, 0) is 73.5 Å². The number of esters is 1. The molecule has 7 nitrogen and oxygen atoms in total. The monoisotopic (exact) mass is 472 g/mol. The first-order chi connectivity index (χ1) is 15.1. The molecule has 0 aromatic heterocycles. The van der Waals surface area contributed by atoms with E-state index >= 15 is 0 Å². The van der Waals surface area contributed by atoms with Crippen molar-refractivity contribution in [2.45, 2.75) is 18.7 Å². The normalized spacial score (nSPS) is 11.0. The summed E-state index contributed by atoms with van der Waals surface area (Å²) in [5.74, 6) is -1.03. The van der Waals surface area contributed by atoms with E-state index in [2.05, 4.69) is 14.8 Å². The summed E-state index contributed by atoms with van der Waals surface area (Å²) < 4.78 is 33.1. The molecule has 9 heteroatoms. The number of aryl methyl sites for hydroxylation is 1. The topological polar surface area (TPSA) is 102 Å². The summed E-state index contributed by atoms with van der Waals surface area (Å²) in [7, 11) is -2.77. The van der Waals surface area contributed by atoms with Gasteiger partial charge < -0.3 is 10.1 Å². The zero-order chi connectivity index (χ0) is 23.5. The van der Waals surface area contributed by atoms with Crippen molar-refractivity contribution in [2.24, 2.45) is 0 Å². The fraction of sp³-hybridized carbons (Fsp3) is 0.130. The van der Waals surface area contributed by atoms with Crippen LogP contribution in [0.25, 0.3) is 0 Å². The van der Waals surface area contributed by atoms with Crippen LogP contribution in [0, 0.1) is 13.8 Å². The molecule has 0 aliphatic carbocycles. The molecule has 0 atom stereocenters. The Labute approximate surface area is 191 Å². The summed E-state index contributed by atoms with van der Waals surface area (Å²) in [5.41, 5.74) is 3.02. The van der Waals surface area contributed by atoms with E-state index in [1.54, 1.807) is 24.3 Å². The van der Waals surface area contributed by atoms with Crippen LogP contribution >= 0.6 is 11.6 Å². The maximum atomic E-state index is 13.0. The van der Waals surface area contributed by atoms with Gasteiger partial charge in [0.2, 0.25) is 0 Å². The zero-order valence-electron chi connectivity index (χ0n) is 17.6. The lowest BCUT2D eigenvalue weighted by Crippen LogP contribution is -2.17. The Kier molecular flexibility index (Phi) is 6.86. The van der Waals surface area contributed by atoms with Gasteiger partial charge in [-0.25, -0.2) is 13.2 Å². The number of anilines is 2. The second kappa shape index (κ2) is 9.42. The highest BCUT2D eigenvalue weighted by Gasteiger charge is 2.21. The van der Waals surface area contributed by atoms with Gasteiger partial charge in [-0.15, -0.1) is 0 Å². The summed E-state index contributed by atoms with van der Waals surface area (Å²) in [6.07, 6.45) is 0. The predicted octanol–water partition coefficient (Wildman–Crippen LogP) is 4.80. The van der Waals surface area contributed by atoms with Crippen LogP contribution in [0.2, 0.25) is 5.02 Å². The van der Waals surface area contributed by atoms with Gasteiger partial charge in [0.05, 0.1) is 23.4 Å². The highest BCUT2D eigenvalue weighted by molar-refractivity contribution is 7.92. The van der Waals surface area contributed by atoms with Crippen molar-refractivity contribution in [1.82, 2.24) is 0 Å². The number of hydrogen-bond acceptors (Lipinski definition) is 5. The molecule has 0 radical (unpaired) electrons. The minimum atomic E-state index is -4.04. The van der Waals surface area contributed by atoms with Crippen LogP contribution in [0.15, 0.2) is 65.6 Å². The maximum absolute atomic E-state index is 13.0. The van der Waals surface area contributed by atoms with E-state index in [1.807, 2.05) is 19.9 Å². The van der Waals surface area contributed by atoms with Gasteiger partial charge in [-0.1, -0.05) is 23.7 Å². The molecule has 0 spiro atoms. The Hall–Kier alpha value is -3.36. The minimum Gasteiger partial charge on any atom is -0.465 e. The molecule has 0 saturated carbocycles. The van der Waals surface area contributed by atoms with Gasteiger partial charge in [0.25, 0.3) is 15.9 Å². The number of nitrogens with one attached hydrogen (secondary N) is 2. The quantitative estimate of drug-likeness (QED) is 0.502. The Bertz CT molecular complexity index is 1290. The number of halogens is 1. The minimum absolute atomic E-state index is 0.0122. The molecule has 166 valence electrons. The van der Waals surface area contributed by atoms with Crippen LogP contribution in [-0.4, -0.2) is 27.4 Å². The first-order valence-electron chi connectivity index (χ1n) is 9.50. The van der Waals surface area contributed by atoms with Crippen LogP contribution in [0.3, 0.4) is 0 Å². The summed E-state index contributed by atoms with van der Waals surface area (Å²) in [5, 5.41) is 2.65. The van der Waals surface area contributed by atoms with Crippen molar-refractivity contribution in [1.29, 1.82) is 0 Å². The number of amides is 1. The maximum Gasteiger partial charge on any atom is 0.337 e. The third-order valence-corrected chi connectivity index (χ3v) is 6.74. The Morgan fingerprint density at radius 2 is 1.59 bits per heavy atom. The number of sulfonamides is 1. The number of carbonyl (C=O) groups is 2. The van der Waals surface area contributed by atoms with Gasteiger partial charge in [0, 0.05) is 11.3 Å². The Balaban J connectivity index is 1.85. The van der Waals surface area contributed by atoms with E-state index in [9.17, 15) is 18.0 Å². The van der Waals surface area contributed by atoms with Gasteiger partial charge >= 0.3 is 5.97 Å². The second-order valence-corrected chi connectivity index (χ2v) is 9.08. The van der Waals surface area contributed by atoms with Crippen molar-refractivity contribution < 1.29 is 22.7 Å². The summed E-state index contributed by atoms with van der Waals surface area (Å²) in [4.78, 5) is 24.0. The molecule has 0 heterocycles. The van der Waals surface area contributed by atoms with E-state index < -0.39 is 21.9 Å². The molecule has 3 aromatic carbocycles. The molecule has 0 unspecified atom stereocenters. The molecule has 0 aliphatic heterocycles. The summed E-state index contributed by atoms with van der Waals surface area (Å²) in [6.45, 7) is 3.69. The van der Waals surface area contributed by atoms with Crippen LogP contribution in [0.1, 0.15) is 31.8 Å². The van der Waals surface area contributed by atoms with E-state index in [-0.39, 0.29) is 15.5 Å². The number of ether oxygens (including phenoxy) is 1. The number of methoxy groups -OCH3 is 1. The first-order valence-corrected chi connectivity index (χ1v) is 11.4. The van der Waals surface area contributed by atoms with Gasteiger partial charge in [-0.3, -0.25) is 9.52 Å². The van der Waals surface area contributed by atoms with Gasteiger partial charge in [-0.2, -0.15) is 0 Å². The number of hydrogen-bond donors (Lipinski definition) is 2. The lowest BCUT2D eigenvalue weighted by atomic mass is 10.1. The third kappa shape index (κ3) is 5.09. The van der Waals surface area contributed by atoms with Crippen molar-refractivity contribution in [3.63, 3.8) is 0 Å². The highest BCUT2D eigenvalue weighted by Crippen LogP contribution is 2.27. The van der Waals surface area contributed by atoms with Crippen LogP contribution in [-0.2, 0) is 14.8 Å². The fourth-order valence-corrected chi connectivity index (χ4v) is 4.57. The van der Waals surface area contributed by atoms with Crippen molar-refractivity contribution in [2.75, 3.05) is 17.1 Å². The Morgan fingerprint density at radius 3 is 2.25 bits per heavy atom. The molecule has 0 bridgehead atoms. The molecular weight excluding hydrogens is 452 g/mol. The summed E-state index contributed by atoms with van der Waals surface area (Å²) >= 11 is 6.15. The Morgan fingerprint density at radius 1 is 0.938 bits per heavy atom. The third-order valence-electron chi connectivity index (χ3n) is 4.90. The standard InChI is InChI=1S/C23H21ClN2O5S/c1-14-5-4-6-20(15(14)2)26-32(29,30)21-13-17(9-12-19(21)24)22(27)25-18-10-7-16(8-11-18)23(28)31-3/h4-13,26H,1-3H3,(H,25,27). The average molecular weight is 473 g/mol. The zero-order valence-corrected chi connectivity index (χ0v) is 19.2. The van der Waals surface area contributed by atoms with E-state index in [0.29, 0.717) is 16.9 Å². The lowest BCUT2D eigenvalue weighted by Gasteiger charge is -2.14. The fourth-order valence-electron chi connectivity index (χ4n) is 2.92. The van der Waals surface area contributed by atoms with Crippen LogP contribution < -0.4 is 10.0 Å². The molecular formula is C23H21ClN2O5S. The molecule has 1 amide bonds. The average Bonchev–Trinajstić information content (AvgIpc) is 2.77. The molecule has 0 aliphatic rings. The predicted molar refractivity (Wildman–Crippen MR) is 124 cm³/mol. The smallest absolute Gasteiger partial charge is 0.337 e. The van der Waals surface area contributed by atoms with E-state index in [0.717, 1.165) is 11.1 Å².